The van der Waals surface area contributed by atoms with Crippen molar-refractivity contribution >= 4 is 18.1 Å². The van der Waals surface area contributed by atoms with Crippen LogP contribution in [0.25, 0.3) is 33.4 Å². The van der Waals surface area contributed by atoms with Crippen molar-refractivity contribution in [2.45, 2.75) is 59.4 Å². The van der Waals surface area contributed by atoms with Gasteiger partial charge in [-0.25, -0.2) is 0 Å². The fourth-order valence-electron chi connectivity index (χ4n) is 5.68. The molecule has 8 heteroatoms. The SMILES string of the molecule is COc1ccc(-c2c3ccc(=O)cc-3oc3cc(OCc4ccc(OC/C=C/B5OC(C)(C)C(C)(C)O5)c(C)c4)ccc23)c(C)c1. The maximum atomic E-state index is 12.2. The molecule has 2 aliphatic heterocycles. The van der Waals surface area contributed by atoms with Crippen LogP contribution in [-0.2, 0) is 15.9 Å². The molecule has 0 unspecified atom stereocenters. The number of hydrogen-bond acceptors (Lipinski definition) is 7. The van der Waals surface area contributed by atoms with Crippen LogP contribution in [0.3, 0.4) is 0 Å². The van der Waals surface area contributed by atoms with Crippen LogP contribution in [-0.4, -0.2) is 32.0 Å². The summed E-state index contributed by atoms with van der Waals surface area (Å²) in [5.74, 6) is 4.68. The summed E-state index contributed by atoms with van der Waals surface area (Å²) in [6, 6.07) is 22.8. The molecule has 3 aromatic rings. The minimum absolute atomic E-state index is 0.107. The number of aryl methyl sites for hydroxylation is 2. The standard InChI is InChI=1S/C38H39BO7/c1-24-20-28(41-7)11-14-30(24)36-31-13-10-27(40)21-34(31)44-35-22-29(12-15-32(35)36)43-23-26-9-16-33(25(2)19-26)42-18-8-17-39-45-37(3,4)38(5,6)46-39/h8-17,19-22H,18,23H2,1-7H3/b17-8+. The molecule has 0 atom stereocenters. The lowest BCUT2D eigenvalue weighted by atomic mass is 9.90. The first kappa shape index (κ1) is 31.5. The quantitative estimate of drug-likeness (QED) is 0.121. The van der Waals surface area contributed by atoms with Gasteiger partial charge in [0.15, 0.2) is 5.43 Å². The van der Waals surface area contributed by atoms with Gasteiger partial charge in [-0.3, -0.25) is 4.79 Å². The van der Waals surface area contributed by atoms with Crippen LogP contribution in [0.4, 0.5) is 0 Å². The highest BCUT2D eigenvalue weighted by Gasteiger charge is 2.50. The first-order valence-electron chi connectivity index (χ1n) is 15.5. The zero-order valence-electron chi connectivity index (χ0n) is 27.4. The lowest BCUT2D eigenvalue weighted by molar-refractivity contribution is 0.00578. The van der Waals surface area contributed by atoms with E-state index in [-0.39, 0.29) is 16.6 Å². The summed E-state index contributed by atoms with van der Waals surface area (Å²) >= 11 is 0. The van der Waals surface area contributed by atoms with Gasteiger partial charge < -0.3 is 27.9 Å². The minimum Gasteiger partial charge on any atom is -0.497 e. The van der Waals surface area contributed by atoms with Crippen LogP contribution in [0.2, 0.25) is 0 Å². The fourth-order valence-corrected chi connectivity index (χ4v) is 5.68. The third kappa shape index (κ3) is 6.28. The third-order valence-electron chi connectivity index (χ3n) is 8.91. The number of hydrogen-bond donors (Lipinski definition) is 0. The predicted octanol–water partition coefficient (Wildman–Crippen LogP) is 8.34. The highest BCUT2D eigenvalue weighted by molar-refractivity contribution is 6.51. The molecule has 0 saturated carbocycles. The molecule has 7 nitrogen and oxygen atoms in total. The maximum absolute atomic E-state index is 12.2. The summed E-state index contributed by atoms with van der Waals surface area (Å²) in [7, 11) is 1.27. The lowest BCUT2D eigenvalue weighted by Crippen LogP contribution is -2.41. The van der Waals surface area contributed by atoms with E-state index >= 15 is 0 Å². The largest absolute Gasteiger partial charge is 0.497 e. The van der Waals surface area contributed by atoms with Gasteiger partial charge in [-0.1, -0.05) is 24.2 Å². The van der Waals surface area contributed by atoms with Crippen molar-refractivity contribution in [2.24, 2.45) is 0 Å². The van der Waals surface area contributed by atoms with Gasteiger partial charge in [-0.15, -0.1) is 0 Å². The molecule has 6 rings (SSSR count). The van der Waals surface area contributed by atoms with Crippen molar-refractivity contribution in [3.05, 3.63) is 112 Å². The lowest BCUT2D eigenvalue weighted by Gasteiger charge is -2.32. The summed E-state index contributed by atoms with van der Waals surface area (Å²) in [5, 5.41) is 0.927. The third-order valence-corrected chi connectivity index (χ3v) is 8.91. The maximum Gasteiger partial charge on any atom is 0.486 e. The molecule has 0 radical (unpaired) electrons. The monoisotopic (exact) mass is 618 g/mol. The molecule has 0 N–H and O–H groups in total. The van der Waals surface area contributed by atoms with Crippen LogP contribution in [0.15, 0.2) is 94.1 Å². The zero-order chi connectivity index (χ0) is 32.6. The number of benzene rings is 4. The van der Waals surface area contributed by atoms with E-state index in [2.05, 4.69) is 13.0 Å². The van der Waals surface area contributed by atoms with Gasteiger partial charge in [0.2, 0.25) is 0 Å². The summed E-state index contributed by atoms with van der Waals surface area (Å²) in [6.07, 6.45) is 1.92. The fraction of sp³-hybridized carbons (Fsp3) is 0.289. The van der Waals surface area contributed by atoms with E-state index < -0.39 is 7.12 Å². The van der Waals surface area contributed by atoms with E-state index in [0.29, 0.717) is 30.3 Å². The molecule has 3 aromatic carbocycles. The molecule has 1 saturated heterocycles. The van der Waals surface area contributed by atoms with E-state index in [1.54, 1.807) is 13.2 Å². The zero-order valence-corrected chi connectivity index (χ0v) is 27.4. The van der Waals surface area contributed by atoms with Gasteiger partial charge in [0.25, 0.3) is 0 Å². The van der Waals surface area contributed by atoms with Gasteiger partial charge in [0, 0.05) is 28.6 Å². The van der Waals surface area contributed by atoms with Gasteiger partial charge in [0.05, 0.1) is 18.3 Å². The van der Waals surface area contributed by atoms with Gasteiger partial charge in [-0.2, -0.15) is 0 Å². The Morgan fingerprint density at radius 3 is 2.24 bits per heavy atom. The van der Waals surface area contributed by atoms with E-state index in [1.807, 2.05) is 101 Å². The number of rotatable bonds is 9. The van der Waals surface area contributed by atoms with Gasteiger partial charge >= 0.3 is 7.12 Å². The van der Waals surface area contributed by atoms with Crippen LogP contribution in [0.1, 0.15) is 44.4 Å². The normalized spacial score (nSPS) is 15.6. The Bertz CT molecular complexity index is 1940. The molecule has 1 aliphatic carbocycles. The number of fused-ring (bicyclic) bond motifs is 2. The molecule has 46 heavy (non-hydrogen) atoms. The summed E-state index contributed by atoms with van der Waals surface area (Å²) < 4.78 is 35.9. The molecule has 0 amide bonds. The molecular weight excluding hydrogens is 579 g/mol. The Morgan fingerprint density at radius 2 is 1.52 bits per heavy atom. The van der Waals surface area contributed by atoms with Crippen molar-refractivity contribution in [2.75, 3.05) is 13.7 Å². The molecule has 2 heterocycles. The van der Waals surface area contributed by atoms with Gasteiger partial charge in [0.1, 0.15) is 41.8 Å². The summed E-state index contributed by atoms with van der Waals surface area (Å²) in [6.45, 7) is 13.0. The minimum atomic E-state index is -0.391. The first-order chi connectivity index (χ1) is 21.9. The Labute approximate surface area is 270 Å². The number of ether oxygens (including phenoxy) is 3. The highest BCUT2D eigenvalue weighted by atomic mass is 16.7. The average Bonchev–Trinajstić information content (AvgIpc) is 3.22. The van der Waals surface area contributed by atoms with Gasteiger partial charge in [-0.05, 0) is 112 Å². The van der Waals surface area contributed by atoms with Crippen molar-refractivity contribution in [3.8, 4) is 39.7 Å². The molecule has 236 valence electrons. The van der Waals surface area contributed by atoms with E-state index in [9.17, 15) is 4.79 Å². The molecule has 0 bridgehead atoms. The summed E-state index contributed by atoms with van der Waals surface area (Å²) in [5.41, 5.74) is 5.79. The predicted molar refractivity (Wildman–Crippen MR) is 182 cm³/mol. The Balaban J connectivity index is 1.17. The second-order valence-electron chi connectivity index (χ2n) is 12.7. The van der Waals surface area contributed by atoms with Crippen molar-refractivity contribution in [3.63, 3.8) is 0 Å². The molecule has 3 aliphatic rings. The summed E-state index contributed by atoms with van der Waals surface area (Å²) in [4.78, 5) is 12.2. The number of methoxy groups -OCH3 is 1. The molecular formula is C38H39BO7. The van der Waals surface area contributed by atoms with Crippen molar-refractivity contribution in [1.82, 2.24) is 0 Å². The Hall–Kier alpha value is -4.53. The second-order valence-corrected chi connectivity index (χ2v) is 12.7. The average molecular weight is 619 g/mol. The van der Waals surface area contributed by atoms with Crippen LogP contribution in [0, 0.1) is 13.8 Å². The molecule has 1 fully saturated rings. The topological polar surface area (TPSA) is 76.4 Å². The first-order valence-corrected chi connectivity index (χ1v) is 15.5. The van der Waals surface area contributed by atoms with Crippen molar-refractivity contribution in [1.29, 1.82) is 0 Å². The smallest absolute Gasteiger partial charge is 0.486 e. The van der Waals surface area contributed by atoms with E-state index in [4.69, 9.17) is 27.9 Å². The van der Waals surface area contributed by atoms with E-state index in [0.717, 1.165) is 50.3 Å². The molecule has 0 aromatic heterocycles. The van der Waals surface area contributed by atoms with Crippen LogP contribution in [0.5, 0.6) is 17.2 Å². The van der Waals surface area contributed by atoms with Crippen molar-refractivity contribution < 1.29 is 27.9 Å². The Kier molecular flexibility index (Phi) is 8.44. The second kappa shape index (κ2) is 12.3. The van der Waals surface area contributed by atoms with Crippen LogP contribution < -0.4 is 19.6 Å². The van der Waals surface area contributed by atoms with E-state index in [1.165, 1.54) is 6.07 Å². The highest BCUT2D eigenvalue weighted by Crippen LogP contribution is 2.42. The Morgan fingerprint density at radius 1 is 0.783 bits per heavy atom. The molecule has 0 spiro atoms. The van der Waals surface area contributed by atoms with Crippen LogP contribution >= 0.6 is 0 Å².